The summed E-state index contributed by atoms with van der Waals surface area (Å²) in [5.74, 6) is 0. The van der Waals surface area contributed by atoms with E-state index in [0.29, 0.717) is 12.2 Å². The first-order valence-electron chi connectivity index (χ1n) is 7.92. The SMILES string of the molecule is CC1C[N+]2(CCN(Cc3ccccc3)CC2)CC(C)O1.[Cl-]. The summed E-state index contributed by atoms with van der Waals surface area (Å²) in [4.78, 5) is 2.60. The lowest BCUT2D eigenvalue weighted by Gasteiger charge is -2.50. The molecule has 0 amide bonds. The zero-order valence-electron chi connectivity index (χ0n) is 13.2. The van der Waals surface area contributed by atoms with Crippen LogP contribution in [0.4, 0.5) is 0 Å². The number of rotatable bonds is 2. The van der Waals surface area contributed by atoms with Gasteiger partial charge in [-0.1, -0.05) is 30.3 Å². The second kappa shape index (κ2) is 7.10. The maximum Gasteiger partial charge on any atom is 0.105 e. The molecule has 2 fully saturated rings. The van der Waals surface area contributed by atoms with E-state index < -0.39 is 0 Å². The Morgan fingerprint density at radius 1 is 1.05 bits per heavy atom. The van der Waals surface area contributed by atoms with Crippen LogP contribution in [-0.2, 0) is 11.3 Å². The number of piperazine rings is 1. The van der Waals surface area contributed by atoms with Gasteiger partial charge in [-0.2, -0.15) is 0 Å². The lowest BCUT2D eigenvalue weighted by molar-refractivity contribution is -0.945. The Kier molecular flexibility index (Phi) is 5.67. The molecule has 2 aliphatic rings. The van der Waals surface area contributed by atoms with Gasteiger partial charge in [-0.15, -0.1) is 0 Å². The van der Waals surface area contributed by atoms with Crippen LogP contribution in [0.5, 0.6) is 0 Å². The molecule has 0 bridgehead atoms. The van der Waals surface area contributed by atoms with Crippen LogP contribution in [0.2, 0.25) is 0 Å². The Morgan fingerprint density at radius 2 is 1.62 bits per heavy atom. The largest absolute Gasteiger partial charge is 1.00 e. The molecule has 2 heterocycles. The summed E-state index contributed by atoms with van der Waals surface area (Å²) >= 11 is 0. The second-order valence-corrected chi connectivity index (χ2v) is 6.67. The van der Waals surface area contributed by atoms with E-state index in [1.54, 1.807) is 0 Å². The third-order valence-corrected chi connectivity index (χ3v) is 4.78. The minimum absolute atomic E-state index is 0. The molecule has 2 unspecified atom stereocenters. The van der Waals surface area contributed by atoms with Crippen molar-refractivity contribution in [2.75, 3.05) is 39.3 Å². The average Bonchev–Trinajstić information content (AvgIpc) is 2.42. The highest BCUT2D eigenvalue weighted by Gasteiger charge is 2.39. The Balaban J connectivity index is 0.00000161. The van der Waals surface area contributed by atoms with Crippen LogP contribution in [0.1, 0.15) is 19.4 Å². The third kappa shape index (κ3) is 4.19. The molecular weight excluding hydrogens is 284 g/mol. The summed E-state index contributed by atoms with van der Waals surface area (Å²) in [6.45, 7) is 13.0. The van der Waals surface area contributed by atoms with Crippen molar-refractivity contribution in [2.24, 2.45) is 0 Å². The van der Waals surface area contributed by atoms with Gasteiger partial charge in [0.2, 0.25) is 0 Å². The lowest BCUT2D eigenvalue weighted by Crippen LogP contribution is -3.00. The minimum Gasteiger partial charge on any atom is -1.00 e. The molecule has 2 aliphatic heterocycles. The fourth-order valence-electron chi connectivity index (χ4n) is 3.94. The van der Waals surface area contributed by atoms with Crippen LogP contribution in [-0.4, -0.2) is 60.9 Å². The van der Waals surface area contributed by atoms with E-state index in [1.807, 2.05) is 0 Å². The van der Waals surface area contributed by atoms with E-state index in [2.05, 4.69) is 49.1 Å². The van der Waals surface area contributed by atoms with E-state index in [0.717, 1.165) is 6.54 Å². The topological polar surface area (TPSA) is 12.5 Å². The van der Waals surface area contributed by atoms with Crippen molar-refractivity contribution in [1.29, 1.82) is 0 Å². The number of quaternary nitrogens is 1. The lowest BCUT2D eigenvalue weighted by atomic mass is 10.1. The zero-order chi connectivity index (χ0) is 14.0. The first-order valence-corrected chi connectivity index (χ1v) is 7.92. The first kappa shape index (κ1) is 16.8. The van der Waals surface area contributed by atoms with E-state index in [4.69, 9.17) is 4.74 Å². The summed E-state index contributed by atoms with van der Waals surface area (Å²) in [5, 5.41) is 0. The van der Waals surface area contributed by atoms with Crippen molar-refractivity contribution < 1.29 is 21.6 Å². The molecule has 0 aliphatic carbocycles. The zero-order valence-corrected chi connectivity index (χ0v) is 13.9. The Hall–Kier alpha value is -0.610. The number of nitrogens with zero attached hydrogens (tertiary/aromatic N) is 2. The van der Waals surface area contributed by atoms with Gasteiger partial charge < -0.3 is 21.6 Å². The maximum absolute atomic E-state index is 5.91. The van der Waals surface area contributed by atoms with Crippen molar-refractivity contribution in [3.05, 3.63) is 35.9 Å². The van der Waals surface area contributed by atoms with Crippen molar-refractivity contribution in [2.45, 2.75) is 32.6 Å². The van der Waals surface area contributed by atoms with Gasteiger partial charge in [0.15, 0.2) is 0 Å². The van der Waals surface area contributed by atoms with Gasteiger partial charge in [-0.25, -0.2) is 0 Å². The maximum atomic E-state index is 5.91. The highest BCUT2D eigenvalue weighted by atomic mass is 35.5. The summed E-state index contributed by atoms with van der Waals surface area (Å²) in [5.41, 5.74) is 1.43. The molecule has 1 spiro atoms. The fourth-order valence-corrected chi connectivity index (χ4v) is 3.94. The standard InChI is InChI=1S/C17H27N2O.ClH/c1-15-13-19(14-16(2)20-15)10-8-18(9-11-19)12-17-6-4-3-5-7-17;/h3-7,15-16H,8-14H2,1-2H3;1H/q+1;/p-1. The smallest absolute Gasteiger partial charge is 0.105 e. The number of morpholine rings is 1. The van der Waals surface area contributed by atoms with Crippen LogP contribution in [0.15, 0.2) is 30.3 Å². The molecule has 0 saturated carbocycles. The van der Waals surface area contributed by atoms with E-state index in [-0.39, 0.29) is 12.4 Å². The van der Waals surface area contributed by atoms with Gasteiger partial charge in [0.1, 0.15) is 25.3 Å². The van der Waals surface area contributed by atoms with Crippen molar-refractivity contribution in [3.8, 4) is 0 Å². The third-order valence-electron chi connectivity index (χ3n) is 4.78. The molecule has 3 rings (SSSR count). The van der Waals surface area contributed by atoms with Crippen LogP contribution in [0.25, 0.3) is 0 Å². The van der Waals surface area contributed by atoms with E-state index in [1.165, 1.54) is 49.3 Å². The number of hydrogen-bond donors (Lipinski definition) is 0. The molecule has 21 heavy (non-hydrogen) atoms. The predicted octanol–water partition coefficient (Wildman–Crippen LogP) is -0.870. The molecule has 0 N–H and O–H groups in total. The van der Waals surface area contributed by atoms with Crippen LogP contribution in [0.3, 0.4) is 0 Å². The van der Waals surface area contributed by atoms with Crippen molar-refractivity contribution in [1.82, 2.24) is 4.90 Å². The molecule has 2 atom stereocenters. The predicted molar refractivity (Wildman–Crippen MR) is 81.5 cm³/mol. The highest BCUT2D eigenvalue weighted by Crippen LogP contribution is 2.23. The van der Waals surface area contributed by atoms with Gasteiger partial charge in [0.05, 0.1) is 13.1 Å². The van der Waals surface area contributed by atoms with E-state index in [9.17, 15) is 0 Å². The van der Waals surface area contributed by atoms with Gasteiger partial charge in [-0.05, 0) is 19.4 Å². The van der Waals surface area contributed by atoms with Crippen LogP contribution < -0.4 is 12.4 Å². The number of benzene rings is 1. The van der Waals surface area contributed by atoms with Gasteiger partial charge >= 0.3 is 0 Å². The molecule has 3 nitrogen and oxygen atoms in total. The van der Waals surface area contributed by atoms with Gasteiger partial charge in [-0.3, -0.25) is 4.90 Å². The molecule has 0 radical (unpaired) electrons. The second-order valence-electron chi connectivity index (χ2n) is 6.67. The van der Waals surface area contributed by atoms with Crippen molar-refractivity contribution in [3.63, 3.8) is 0 Å². The molecule has 118 valence electrons. The quantitative estimate of drug-likeness (QED) is 0.659. The molecular formula is C17H27ClN2O. The molecule has 1 aromatic carbocycles. The Labute approximate surface area is 134 Å². The minimum atomic E-state index is 0. The van der Waals surface area contributed by atoms with Crippen LogP contribution in [0, 0.1) is 0 Å². The molecule has 1 aromatic rings. The highest BCUT2D eigenvalue weighted by molar-refractivity contribution is 5.14. The summed E-state index contributed by atoms with van der Waals surface area (Å²) < 4.78 is 7.18. The summed E-state index contributed by atoms with van der Waals surface area (Å²) in [6.07, 6.45) is 0.832. The molecule has 2 saturated heterocycles. The number of halogens is 1. The summed E-state index contributed by atoms with van der Waals surface area (Å²) in [7, 11) is 0. The normalized spacial score (nSPS) is 29.0. The van der Waals surface area contributed by atoms with Crippen LogP contribution >= 0.6 is 0 Å². The first-order chi connectivity index (χ1) is 9.65. The Morgan fingerprint density at radius 3 is 2.19 bits per heavy atom. The molecule has 0 aromatic heterocycles. The summed E-state index contributed by atoms with van der Waals surface area (Å²) in [6, 6.07) is 10.8. The average molecular weight is 311 g/mol. The monoisotopic (exact) mass is 310 g/mol. The Bertz CT molecular complexity index is 420. The molecule has 4 heteroatoms. The van der Waals surface area contributed by atoms with E-state index >= 15 is 0 Å². The fraction of sp³-hybridized carbons (Fsp3) is 0.647. The number of hydrogen-bond acceptors (Lipinski definition) is 2. The number of ether oxygens (including phenoxy) is 1. The van der Waals surface area contributed by atoms with Crippen molar-refractivity contribution >= 4 is 0 Å². The van der Waals surface area contributed by atoms with Gasteiger partial charge in [0.25, 0.3) is 0 Å². The van der Waals surface area contributed by atoms with Gasteiger partial charge in [0, 0.05) is 19.6 Å².